The summed E-state index contributed by atoms with van der Waals surface area (Å²) in [4.78, 5) is 32.6. The van der Waals surface area contributed by atoms with Crippen LogP contribution in [-0.2, 0) is 4.74 Å². The second kappa shape index (κ2) is 7.02. The number of carbonyl (C=O) groups excluding carboxylic acids is 1. The van der Waals surface area contributed by atoms with Crippen molar-refractivity contribution in [2.45, 2.75) is 26.4 Å². The van der Waals surface area contributed by atoms with E-state index in [1.54, 1.807) is 45.0 Å². The van der Waals surface area contributed by atoms with Gasteiger partial charge in [0.1, 0.15) is 11.1 Å². The Labute approximate surface area is 154 Å². The summed E-state index contributed by atoms with van der Waals surface area (Å²) in [5.74, 6) is 1.21. The van der Waals surface area contributed by atoms with Gasteiger partial charge in [-0.25, -0.2) is 14.6 Å². The van der Waals surface area contributed by atoms with Crippen LogP contribution in [0.3, 0.4) is 0 Å². The number of amides is 1. The molecule has 2 aromatic heterocycles. The van der Waals surface area contributed by atoms with Gasteiger partial charge in [0.05, 0.1) is 7.11 Å². The number of aromatic nitrogens is 3. The maximum absolute atomic E-state index is 11.9. The van der Waals surface area contributed by atoms with Crippen LogP contribution in [0.2, 0.25) is 0 Å². The van der Waals surface area contributed by atoms with Crippen LogP contribution in [0, 0.1) is 0 Å². The van der Waals surface area contributed by atoms with E-state index < -0.39 is 11.7 Å². The monoisotopic (exact) mass is 372 g/mol. The van der Waals surface area contributed by atoms with Crippen LogP contribution >= 0.6 is 0 Å². The number of fused-ring (bicyclic) bond motifs is 1. The molecule has 3 rings (SSSR count). The van der Waals surface area contributed by atoms with E-state index in [4.69, 9.17) is 14.2 Å². The zero-order valence-electron chi connectivity index (χ0n) is 15.4. The topological polar surface area (TPSA) is 118 Å². The Morgan fingerprint density at radius 2 is 1.89 bits per heavy atom. The van der Waals surface area contributed by atoms with Crippen molar-refractivity contribution < 1.29 is 19.0 Å². The SMILES string of the molecule is COc1cc(NC(=O)OC(C)(C)C)ccc1Oc1ccnc2[nH]c(=O)[nH]c12. The molecule has 27 heavy (non-hydrogen) atoms. The molecule has 0 fully saturated rings. The van der Waals surface area contributed by atoms with Gasteiger partial charge < -0.3 is 19.2 Å². The first-order valence-electron chi connectivity index (χ1n) is 8.18. The lowest BCUT2D eigenvalue weighted by atomic mass is 10.2. The molecular formula is C18H20N4O5. The average molecular weight is 372 g/mol. The number of carbonyl (C=O) groups is 1. The summed E-state index contributed by atoms with van der Waals surface area (Å²) in [6.07, 6.45) is 0.950. The third-order valence-corrected chi connectivity index (χ3v) is 3.41. The van der Waals surface area contributed by atoms with Crippen molar-refractivity contribution in [3.8, 4) is 17.2 Å². The minimum Gasteiger partial charge on any atom is -0.493 e. The van der Waals surface area contributed by atoms with E-state index in [2.05, 4.69) is 20.3 Å². The lowest BCUT2D eigenvalue weighted by Crippen LogP contribution is -2.27. The number of hydrogen-bond acceptors (Lipinski definition) is 6. The van der Waals surface area contributed by atoms with Gasteiger partial charge in [0.15, 0.2) is 22.9 Å². The van der Waals surface area contributed by atoms with Gasteiger partial charge in [-0.1, -0.05) is 0 Å². The maximum atomic E-state index is 11.9. The highest BCUT2D eigenvalue weighted by Crippen LogP contribution is 2.35. The first-order valence-corrected chi connectivity index (χ1v) is 8.18. The molecular weight excluding hydrogens is 352 g/mol. The van der Waals surface area contributed by atoms with Crippen LogP contribution in [0.25, 0.3) is 11.2 Å². The molecule has 142 valence electrons. The van der Waals surface area contributed by atoms with E-state index in [0.29, 0.717) is 34.1 Å². The molecule has 1 aromatic carbocycles. The van der Waals surface area contributed by atoms with E-state index in [1.807, 2.05) is 0 Å². The second-order valence-electron chi connectivity index (χ2n) is 6.71. The van der Waals surface area contributed by atoms with Gasteiger partial charge in [-0.3, -0.25) is 10.3 Å². The predicted octanol–water partition coefficient (Wildman–Crippen LogP) is 3.40. The Morgan fingerprint density at radius 3 is 2.59 bits per heavy atom. The summed E-state index contributed by atoms with van der Waals surface area (Å²) >= 11 is 0. The fourth-order valence-corrected chi connectivity index (χ4v) is 2.37. The summed E-state index contributed by atoms with van der Waals surface area (Å²) in [5.41, 5.74) is 0.346. The Hall–Kier alpha value is -3.49. The van der Waals surface area contributed by atoms with Crippen molar-refractivity contribution in [2.75, 3.05) is 12.4 Å². The lowest BCUT2D eigenvalue weighted by Gasteiger charge is -2.20. The van der Waals surface area contributed by atoms with Gasteiger partial charge in [-0.05, 0) is 32.9 Å². The zero-order valence-corrected chi connectivity index (χ0v) is 15.4. The van der Waals surface area contributed by atoms with Gasteiger partial charge in [0, 0.05) is 24.0 Å². The first kappa shape index (κ1) is 18.3. The van der Waals surface area contributed by atoms with Gasteiger partial charge in [-0.15, -0.1) is 0 Å². The molecule has 0 aliphatic carbocycles. The summed E-state index contributed by atoms with van der Waals surface area (Å²) in [6, 6.07) is 6.53. The molecule has 0 spiro atoms. The van der Waals surface area contributed by atoms with Crippen LogP contribution in [0.5, 0.6) is 17.2 Å². The molecule has 0 atom stereocenters. The summed E-state index contributed by atoms with van der Waals surface area (Å²) in [6.45, 7) is 5.35. The minimum atomic E-state index is -0.600. The van der Waals surface area contributed by atoms with Crippen LogP contribution in [0.15, 0.2) is 35.3 Å². The number of pyridine rings is 1. The standard InChI is InChI=1S/C18H20N4O5/c1-18(2,3)27-17(24)20-10-5-6-11(13(9-10)25-4)26-12-7-8-19-15-14(12)21-16(23)22-15/h5-9H,1-4H3,(H,20,24)(H2,19,21,22,23). The van der Waals surface area contributed by atoms with Crippen LogP contribution < -0.4 is 20.5 Å². The Morgan fingerprint density at radius 1 is 1.11 bits per heavy atom. The first-order chi connectivity index (χ1) is 12.7. The molecule has 0 aliphatic heterocycles. The molecule has 0 radical (unpaired) electrons. The van der Waals surface area contributed by atoms with Crippen molar-refractivity contribution in [2.24, 2.45) is 0 Å². The van der Waals surface area contributed by atoms with E-state index in [0.717, 1.165) is 0 Å². The highest BCUT2D eigenvalue weighted by atomic mass is 16.6. The van der Waals surface area contributed by atoms with Crippen LogP contribution in [0.4, 0.5) is 10.5 Å². The fourth-order valence-electron chi connectivity index (χ4n) is 2.37. The minimum absolute atomic E-state index is 0.377. The smallest absolute Gasteiger partial charge is 0.412 e. The molecule has 9 nitrogen and oxygen atoms in total. The van der Waals surface area contributed by atoms with Crippen molar-refractivity contribution in [1.82, 2.24) is 15.0 Å². The van der Waals surface area contributed by atoms with Crippen LogP contribution in [-0.4, -0.2) is 33.8 Å². The number of ether oxygens (including phenoxy) is 3. The van der Waals surface area contributed by atoms with Crippen molar-refractivity contribution in [3.63, 3.8) is 0 Å². The molecule has 2 heterocycles. The predicted molar refractivity (Wildman–Crippen MR) is 99.6 cm³/mol. The second-order valence-corrected chi connectivity index (χ2v) is 6.71. The Bertz CT molecular complexity index is 1030. The molecule has 0 bridgehead atoms. The van der Waals surface area contributed by atoms with Gasteiger partial charge >= 0.3 is 11.8 Å². The highest BCUT2D eigenvalue weighted by Gasteiger charge is 2.17. The van der Waals surface area contributed by atoms with Crippen molar-refractivity contribution >= 4 is 22.9 Å². The molecule has 0 aliphatic rings. The normalized spacial score (nSPS) is 11.3. The Kier molecular flexibility index (Phi) is 4.76. The number of rotatable bonds is 4. The molecule has 3 aromatic rings. The van der Waals surface area contributed by atoms with Crippen molar-refractivity contribution in [3.05, 3.63) is 40.9 Å². The Balaban J connectivity index is 1.84. The number of H-pyrrole nitrogens is 2. The number of aromatic amines is 2. The van der Waals surface area contributed by atoms with Gasteiger partial charge in [-0.2, -0.15) is 0 Å². The molecule has 0 saturated heterocycles. The highest BCUT2D eigenvalue weighted by molar-refractivity contribution is 5.85. The molecule has 9 heteroatoms. The number of nitrogens with one attached hydrogen (secondary N) is 3. The summed E-state index contributed by atoms with van der Waals surface area (Å²) < 4.78 is 16.4. The maximum Gasteiger partial charge on any atom is 0.412 e. The fraction of sp³-hybridized carbons (Fsp3) is 0.278. The van der Waals surface area contributed by atoms with E-state index >= 15 is 0 Å². The average Bonchev–Trinajstić information content (AvgIpc) is 2.95. The third-order valence-electron chi connectivity index (χ3n) is 3.41. The number of benzene rings is 1. The molecule has 0 saturated carbocycles. The van der Waals surface area contributed by atoms with Crippen LogP contribution in [0.1, 0.15) is 20.8 Å². The number of methoxy groups -OCH3 is 1. The molecule has 3 N–H and O–H groups in total. The number of hydrogen-bond donors (Lipinski definition) is 3. The number of anilines is 1. The van der Waals surface area contributed by atoms with E-state index in [-0.39, 0.29) is 5.69 Å². The van der Waals surface area contributed by atoms with Gasteiger partial charge in [0.2, 0.25) is 0 Å². The van der Waals surface area contributed by atoms with Crippen molar-refractivity contribution in [1.29, 1.82) is 0 Å². The lowest BCUT2D eigenvalue weighted by molar-refractivity contribution is 0.0636. The third kappa shape index (κ3) is 4.38. The zero-order chi connectivity index (χ0) is 19.6. The largest absolute Gasteiger partial charge is 0.493 e. The van der Waals surface area contributed by atoms with E-state index in [1.165, 1.54) is 13.3 Å². The van der Waals surface area contributed by atoms with Gasteiger partial charge in [0.25, 0.3) is 0 Å². The summed E-state index contributed by atoms with van der Waals surface area (Å²) in [7, 11) is 1.49. The molecule has 0 unspecified atom stereocenters. The quantitative estimate of drug-likeness (QED) is 0.646. The number of nitrogens with zero attached hydrogens (tertiary/aromatic N) is 1. The molecule has 1 amide bonds. The summed E-state index contributed by atoms with van der Waals surface area (Å²) in [5, 5.41) is 2.64. The number of imidazole rings is 1. The van der Waals surface area contributed by atoms with E-state index in [9.17, 15) is 9.59 Å².